The first kappa shape index (κ1) is 28.4. The van der Waals surface area contributed by atoms with E-state index in [1.807, 2.05) is 4.98 Å². The molecular weight excluding hydrogens is 543 g/mol. The Labute approximate surface area is 225 Å². The van der Waals surface area contributed by atoms with Crippen molar-refractivity contribution >= 4 is 29.4 Å². The van der Waals surface area contributed by atoms with E-state index in [4.69, 9.17) is 42.7 Å². The Morgan fingerprint density at radius 1 is 1.03 bits per heavy atom. The summed E-state index contributed by atoms with van der Waals surface area (Å²) in [4.78, 5) is 50.7. The molecule has 0 spiro atoms. The average Bonchev–Trinajstić information content (AvgIpc) is 2.81. The summed E-state index contributed by atoms with van der Waals surface area (Å²) in [5.41, 5.74) is -2.57. The van der Waals surface area contributed by atoms with Crippen molar-refractivity contribution in [1.82, 2.24) is 24.5 Å². The molecule has 1 N–H and O–H groups in total. The summed E-state index contributed by atoms with van der Waals surface area (Å²) in [6.07, 6.45) is -2.55. The van der Waals surface area contributed by atoms with Crippen molar-refractivity contribution in [3.05, 3.63) is 70.7 Å². The highest BCUT2D eigenvalue weighted by Gasteiger charge is 2.22. The first-order chi connectivity index (χ1) is 17.8. The van der Waals surface area contributed by atoms with E-state index in [0.29, 0.717) is 5.56 Å². The monoisotopic (exact) mass is 564 g/mol. The van der Waals surface area contributed by atoms with E-state index in [0.717, 1.165) is 9.36 Å². The van der Waals surface area contributed by atoms with Crippen LogP contribution in [-0.2, 0) is 9.47 Å². The number of H-pyrrole nitrogens is 1. The molecule has 0 saturated heterocycles. The lowest BCUT2D eigenvalue weighted by molar-refractivity contribution is -0.0164. The van der Waals surface area contributed by atoms with Crippen molar-refractivity contribution in [2.75, 3.05) is 0 Å². The minimum Gasteiger partial charge on any atom is -0.434 e. The fourth-order valence-electron chi connectivity index (χ4n) is 3.15. The van der Waals surface area contributed by atoms with Gasteiger partial charge in [-0.25, -0.2) is 9.59 Å². The highest BCUT2D eigenvalue weighted by Crippen LogP contribution is 2.37. The average molecular weight is 565 g/mol. The van der Waals surface area contributed by atoms with E-state index >= 15 is 0 Å². The summed E-state index contributed by atoms with van der Waals surface area (Å²) in [5, 5.41) is 16.7. The van der Waals surface area contributed by atoms with Crippen LogP contribution in [0, 0.1) is 11.3 Å². The van der Waals surface area contributed by atoms with Gasteiger partial charge in [0.15, 0.2) is 12.0 Å². The van der Waals surface area contributed by atoms with Crippen molar-refractivity contribution in [1.29, 1.82) is 5.26 Å². The second-order valence-corrected chi connectivity index (χ2v) is 9.26. The molecule has 1 atom stereocenters. The van der Waals surface area contributed by atoms with Crippen molar-refractivity contribution in [3.8, 4) is 23.4 Å². The fourth-order valence-corrected chi connectivity index (χ4v) is 3.70. The third kappa shape index (κ3) is 6.21. The number of aromatic nitrogens is 5. The van der Waals surface area contributed by atoms with Gasteiger partial charge in [-0.05, 0) is 38.8 Å². The van der Waals surface area contributed by atoms with Crippen molar-refractivity contribution in [3.63, 3.8) is 0 Å². The van der Waals surface area contributed by atoms with Gasteiger partial charge in [0.05, 0.1) is 21.8 Å². The Morgan fingerprint density at radius 3 is 2.21 bits per heavy atom. The van der Waals surface area contributed by atoms with Gasteiger partial charge in [-0.15, -0.1) is 10.2 Å². The largest absolute Gasteiger partial charge is 0.510 e. The molecule has 0 amide bonds. The lowest BCUT2D eigenvalue weighted by atomic mass is 10.1. The lowest BCUT2D eigenvalue weighted by Crippen LogP contribution is -2.33. The molecule has 0 radical (unpaired) electrons. The molecule has 38 heavy (non-hydrogen) atoms. The van der Waals surface area contributed by atoms with Crippen LogP contribution < -0.4 is 21.5 Å². The molecule has 2 heterocycles. The maximum absolute atomic E-state index is 13.0. The molecule has 0 aliphatic carbocycles. The normalized spacial score (nSPS) is 11.8. The number of nitrogens with one attached hydrogen (secondary N) is 1. The number of benzene rings is 1. The molecule has 200 valence electrons. The van der Waals surface area contributed by atoms with Crippen molar-refractivity contribution in [2.45, 2.75) is 52.9 Å². The van der Waals surface area contributed by atoms with Crippen LogP contribution >= 0.6 is 23.2 Å². The summed E-state index contributed by atoms with van der Waals surface area (Å²) in [6, 6.07) is 5.51. The topological polar surface area (TPSA) is 171 Å². The highest BCUT2D eigenvalue weighted by atomic mass is 35.5. The molecule has 2 aromatic heterocycles. The molecular formula is C23H22Cl2N6O7. The molecule has 15 heteroatoms. The summed E-state index contributed by atoms with van der Waals surface area (Å²) < 4.78 is 17.6. The van der Waals surface area contributed by atoms with Gasteiger partial charge in [0.25, 0.3) is 11.1 Å². The van der Waals surface area contributed by atoms with Crippen LogP contribution in [0.1, 0.15) is 58.0 Å². The molecule has 0 aliphatic heterocycles. The molecule has 0 saturated carbocycles. The molecule has 0 aliphatic rings. The number of nitriles is 1. The van der Waals surface area contributed by atoms with Crippen LogP contribution in [0.15, 0.2) is 32.6 Å². The van der Waals surface area contributed by atoms with E-state index in [1.165, 1.54) is 25.1 Å². The molecule has 0 fully saturated rings. The van der Waals surface area contributed by atoms with Gasteiger partial charge in [-0.3, -0.25) is 14.6 Å². The Hall–Kier alpha value is -4.15. The zero-order chi connectivity index (χ0) is 28.3. The fraction of sp³-hybridized carbons (Fsp3) is 0.348. The molecule has 13 nitrogen and oxygen atoms in total. The lowest BCUT2D eigenvalue weighted by Gasteiger charge is -2.19. The minimum atomic E-state index is -1.14. The van der Waals surface area contributed by atoms with E-state index in [-0.39, 0.29) is 33.3 Å². The Bertz CT molecular complexity index is 1580. The molecule has 0 bridgehead atoms. The van der Waals surface area contributed by atoms with E-state index < -0.39 is 41.0 Å². The van der Waals surface area contributed by atoms with Gasteiger partial charge < -0.3 is 14.2 Å². The van der Waals surface area contributed by atoms with Crippen LogP contribution in [0.25, 0.3) is 5.69 Å². The van der Waals surface area contributed by atoms with Crippen LogP contribution in [0.3, 0.4) is 0 Å². The number of hydrogen-bond donors (Lipinski definition) is 1. The summed E-state index contributed by atoms with van der Waals surface area (Å²) >= 11 is 12.7. The minimum absolute atomic E-state index is 0.0385. The molecule has 1 aromatic carbocycles. The van der Waals surface area contributed by atoms with Gasteiger partial charge in [0, 0.05) is 11.6 Å². The number of hydrogen-bond acceptors (Lipinski definition) is 10. The summed E-state index contributed by atoms with van der Waals surface area (Å²) in [7, 11) is 0. The SMILES string of the molecule is CC(C)OC(=O)OC(C)n1nc(Oc2c(Cl)cc(-n3nc(C#N)c(=O)[nH]c3=O)cc2Cl)cc(C(C)C)c1=O. The third-order valence-corrected chi connectivity index (χ3v) is 5.43. The first-order valence-electron chi connectivity index (χ1n) is 11.1. The smallest absolute Gasteiger partial charge is 0.434 e. The van der Waals surface area contributed by atoms with Crippen molar-refractivity contribution < 1.29 is 19.0 Å². The number of rotatable bonds is 7. The maximum atomic E-state index is 13.0. The second kappa shape index (κ2) is 11.5. The van der Waals surface area contributed by atoms with Gasteiger partial charge in [0.1, 0.15) is 6.07 Å². The quantitative estimate of drug-likeness (QED) is 0.417. The number of ether oxygens (including phenoxy) is 3. The summed E-state index contributed by atoms with van der Waals surface area (Å²) in [6.45, 7) is 8.28. The molecule has 1 unspecified atom stereocenters. The van der Waals surface area contributed by atoms with Gasteiger partial charge in [-0.2, -0.15) is 14.6 Å². The zero-order valence-electron chi connectivity index (χ0n) is 20.8. The standard InChI is InChI=1S/C23H22Cl2N6O7/c1-10(2)14-8-18(29-30(21(14)33)12(5)37-23(35)36-11(3)4)38-19-15(24)6-13(7-16(19)25)31-22(34)27-20(32)17(9-26)28-31/h6-8,10-12H,1-5H3,(H,27,32,34). The number of aromatic amines is 1. The van der Waals surface area contributed by atoms with Gasteiger partial charge >= 0.3 is 11.8 Å². The summed E-state index contributed by atoms with van der Waals surface area (Å²) in [5.74, 6) is -0.423. The second-order valence-electron chi connectivity index (χ2n) is 8.45. The highest BCUT2D eigenvalue weighted by molar-refractivity contribution is 6.37. The van der Waals surface area contributed by atoms with Crippen LogP contribution in [0.2, 0.25) is 10.0 Å². The molecule has 3 aromatic rings. The van der Waals surface area contributed by atoms with E-state index in [9.17, 15) is 19.2 Å². The first-order valence-corrected chi connectivity index (χ1v) is 11.9. The Morgan fingerprint density at radius 2 is 1.66 bits per heavy atom. The number of carbonyl (C=O) groups excluding carboxylic acids is 1. The Balaban J connectivity index is 2.03. The third-order valence-electron chi connectivity index (χ3n) is 4.87. The van der Waals surface area contributed by atoms with Crippen LogP contribution in [0.5, 0.6) is 11.6 Å². The maximum Gasteiger partial charge on any atom is 0.510 e. The van der Waals surface area contributed by atoms with Crippen LogP contribution in [0.4, 0.5) is 4.79 Å². The number of halogens is 2. The predicted octanol–water partition coefficient (Wildman–Crippen LogP) is 3.65. The zero-order valence-corrected chi connectivity index (χ0v) is 22.3. The number of nitrogens with zero attached hydrogens (tertiary/aromatic N) is 5. The van der Waals surface area contributed by atoms with Gasteiger partial charge in [0.2, 0.25) is 11.6 Å². The van der Waals surface area contributed by atoms with Gasteiger partial charge in [-0.1, -0.05) is 37.0 Å². The van der Waals surface area contributed by atoms with Crippen molar-refractivity contribution in [2.24, 2.45) is 0 Å². The Kier molecular flexibility index (Phi) is 8.60. The van der Waals surface area contributed by atoms with E-state index in [1.54, 1.807) is 33.8 Å². The van der Waals surface area contributed by atoms with Crippen LogP contribution in [-0.4, -0.2) is 36.8 Å². The predicted molar refractivity (Wildman–Crippen MR) is 135 cm³/mol. The van der Waals surface area contributed by atoms with E-state index in [2.05, 4.69) is 10.2 Å². The number of carbonyl (C=O) groups is 1. The molecule has 3 rings (SSSR count).